The lowest BCUT2D eigenvalue weighted by molar-refractivity contribution is -0.660. The molecule has 2 nitrogen and oxygen atoms in total. The molecule has 0 spiro atoms. The number of nitrogens with zero attached hydrogens (tertiary/aromatic N) is 2. The third-order valence-corrected chi connectivity index (χ3v) is 5.17. The molecule has 1 heterocycles. The maximum atomic E-state index is 7.37. The molecule has 0 fully saturated rings. The van der Waals surface area contributed by atoms with Crippen molar-refractivity contribution in [2.75, 3.05) is 0 Å². The average Bonchev–Trinajstić information content (AvgIpc) is 2.96. The largest absolute Gasteiger partial charge is 0.238 e. The van der Waals surface area contributed by atoms with Gasteiger partial charge in [-0.05, 0) is 59.7 Å². The minimum absolute atomic E-state index is 0.769. The molecule has 1 aliphatic carbocycles. The van der Waals surface area contributed by atoms with E-state index in [-0.39, 0.29) is 0 Å². The molecular weight excluding hydrogens is 292 g/mol. The van der Waals surface area contributed by atoms with Gasteiger partial charge in [-0.2, -0.15) is 0 Å². The molecule has 1 aliphatic rings. The number of aryl methyl sites for hydroxylation is 2. The number of hydrogen-bond donors (Lipinski definition) is 0. The molecule has 4 rings (SSSR count). The second-order valence-electron chi connectivity index (χ2n) is 6.50. The van der Waals surface area contributed by atoms with Gasteiger partial charge in [0.1, 0.15) is 7.05 Å². The summed E-state index contributed by atoms with van der Waals surface area (Å²) < 4.78 is 2.18. The molecule has 116 valence electrons. The van der Waals surface area contributed by atoms with Crippen molar-refractivity contribution in [3.8, 4) is 22.4 Å². The Bertz CT molecular complexity index is 1020. The highest BCUT2D eigenvalue weighted by Gasteiger charge is 2.27. The second kappa shape index (κ2) is 5.32. The van der Waals surface area contributed by atoms with Gasteiger partial charge in [0.15, 0.2) is 11.9 Å². The third kappa shape index (κ3) is 1.98. The SMILES string of the molecule is [C-]#[N+]c1ccc2c(c1C)Cc1c-2ccc(C)c1-c1cccc[n+]1C. The lowest BCUT2D eigenvalue weighted by Crippen LogP contribution is -2.30. The van der Waals surface area contributed by atoms with Crippen molar-refractivity contribution >= 4 is 5.69 Å². The number of aromatic nitrogens is 1. The Hall–Kier alpha value is -2.92. The van der Waals surface area contributed by atoms with Crippen LogP contribution in [0.25, 0.3) is 27.2 Å². The summed E-state index contributed by atoms with van der Waals surface area (Å²) in [6, 6.07) is 14.9. The number of benzene rings is 2. The van der Waals surface area contributed by atoms with E-state index >= 15 is 0 Å². The van der Waals surface area contributed by atoms with Crippen LogP contribution in [0.4, 0.5) is 5.69 Å². The van der Waals surface area contributed by atoms with E-state index in [1.54, 1.807) is 0 Å². The molecule has 0 aliphatic heterocycles. The molecule has 0 saturated carbocycles. The van der Waals surface area contributed by atoms with Crippen molar-refractivity contribution in [2.45, 2.75) is 20.3 Å². The monoisotopic (exact) mass is 311 g/mol. The van der Waals surface area contributed by atoms with Crippen LogP contribution >= 0.6 is 0 Å². The molecule has 0 radical (unpaired) electrons. The van der Waals surface area contributed by atoms with Crippen LogP contribution in [0.15, 0.2) is 48.7 Å². The molecule has 0 N–H and O–H groups in total. The highest BCUT2D eigenvalue weighted by Crippen LogP contribution is 2.45. The Morgan fingerprint density at radius 1 is 0.958 bits per heavy atom. The molecule has 0 amide bonds. The van der Waals surface area contributed by atoms with Crippen LogP contribution in [-0.4, -0.2) is 0 Å². The van der Waals surface area contributed by atoms with Gasteiger partial charge in [-0.1, -0.05) is 24.3 Å². The van der Waals surface area contributed by atoms with Crippen LogP contribution in [-0.2, 0) is 13.5 Å². The smallest absolute Gasteiger partial charge is 0.212 e. The standard InChI is InChI=1S/C22H19N2/c1-14-8-9-17-16-10-11-20(23-3)15(2)18(16)13-19(17)22(14)21-7-5-6-12-24(21)4/h5-12H,13H2,1-2,4H3/q+1. The van der Waals surface area contributed by atoms with Crippen LogP contribution in [0.5, 0.6) is 0 Å². The van der Waals surface area contributed by atoms with Crippen LogP contribution in [0, 0.1) is 20.4 Å². The fourth-order valence-electron chi connectivity index (χ4n) is 3.86. The predicted octanol–water partition coefficient (Wildman–Crippen LogP) is 4.92. The lowest BCUT2D eigenvalue weighted by atomic mass is 9.94. The molecule has 2 aromatic carbocycles. The average molecular weight is 311 g/mol. The maximum Gasteiger partial charge on any atom is 0.212 e. The number of rotatable bonds is 1. The Morgan fingerprint density at radius 2 is 1.71 bits per heavy atom. The van der Waals surface area contributed by atoms with Gasteiger partial charge < -0.3 is 0 Å². The van der Waals surface area contributed by atoms with Crippen LogP contribution in [0.3, 0.4) is 0 Å². The fraction of sp³-hybridized carbons (Fsp3) is 0.182. The zero-order chi connectivity index (χ0) is 16.8. The fourth-order valence-corrected chi connectivity index (χ4v) is 3.86. The first-order valence-electron chi connectivity index (χ1n) is 8.19. The molecule has 1 aromatic heterocycles. The summed E-state index contributed by atoms with van der Waals surface area (Å²) in [6.07, 6.45) is 3.00. The summed E-state index contributed by atoms with van der Waals surface area (Å²) >= 11 is 0. The highest BCUT2D eigenvalue weighted by atomic mass is 14.9. The van der Waals surface area contributed by atoms with E-state index in [2.05, 4.69) is 72.9 Å². The quantitative estimate of drug-likeness (QED) is 0.348. The molecule has 0 bridgehead atoms. The second-order valence-corrected chi connectivity index (χ2v) is 6.50. The Kier molecular flexibility index (Phi) is 3.25. The van der Waals surface area contributed by atoms with Gasteiger partial charge in [0.05, 0.1) is 12.1 Å². The Labute approximate surface area is 142 Å². The van der Waals surface area contributed by atoms with E-state index in [9.17, 15) is 0 Å². The van der Waals surface area contributed by atoms with E-state index in [4.69, 9.17) is 6.57 Å². The van der Waals surface area contributed by atoms with Crippen molar-refractivity contribution in [1.82, 2.24) is 0 Å². The molecule has 0 unspecified atom stereocenters. The van der Waals surface area contributed by atoms with Crippen LogP contribution in [0.1, 0.15) is 22.3 Å². The first-order valence-corrected chi connectivity index (χ1v) is 8.19. The highest BCUT2D eigenvalue weighted by molar-refractivity contribution is 5.87. The molecule has 3 aromatic rings. The summed E-state index contributed by atoms with van der Waals surface area (Å²) in [4.78, 5) is 3.67. The van der Waals surface area contributed by atoms with Gasteiger partial charge in [-0.3, -0.25) is 0 Å². The van der Waals surface area contributed by atoms with Gasteiger partial charge in [0, 0.05) is 12.1 Å². The van der Waals surface area contributed by atoms with Gasteiger partial charge in [0.2, 0.25) is 5.69 Å². The molecule has 24 heavy (non-hydrogen) atoms. The van der Waals surface area contributed by atoms with Gasteiger partial charge in [-0.15, -0.1) is 0 Å². The van der Waals surface area contributed by atoms with Crippen molar-refractivity contribution in [3.05, 3.63) is 82.3 Å². The van der Waals surface area contributed by atoms with Gasteiger partial charge >= 0.3 is 0 Å². The normalized spacial score (nSPS) is 11.8. The summed E-state index contributed by atoms with van der Waals surface area (Å²) in [7, 11) is 2.10. The summed E-state index contributed by atoms with van der Waals surface area (Å²) in [5.74, 6) is 0. The van der Waals surface area contributed by atoms with E-state index in [1.807, 2.05) is 6.07 Å². The first kappa shape index (κ1) is 14.7. The van der Waals surface area contributed by atoms with Crippen molar-refractivity contribution in [2.24, 2.45) is 7.05 Å². The minimum atomic E-state index is 0.769. The van der Waals surface area contributed by atoms with E-state index in [0.29, 0.717) is 0 Å². The first-order chi connectivity index (χ1) is 11.6. The molecular formula is C22H19N2+. The molecule has 0 saturated heterocycles. The van der Waals surface area contributed by atoms with Gasteiger partial charge in [0.25, 0.3) is 0 Å². The van der Waals surface area contributed by atoms with Crippen LogP contribution in [0.2, 0.25) is 0 Å². The Morgan fingerprint density at radius 3 is 2.46 bits per heavy atom. The van der Waals surface area contributed by atoms with Gasteiger partial charge in [-0.25, -0.2) is 9.41 Å². The topological polar surface area (TPSA) is 8.24 Å². The summed E-state index contributed by atoms with van der Waals surface area (Å²) in [6.45, 7) is 11.6. The van der Waals surface area contributed by atoms with E-state index in [0.717, 1.165) is 17.7 Å². The zero-order valence-electron chi connectivity index (χ0n) is 14.2. The minimum Gasteiger partial charge on any atom is -0.238 e. The Balaban J connectivity index is 2.00. The van der Waals surface area contributed by atoms with Crippen molar-refractivity contribution in [1.29, 1.82) is 0 Å². The zero-order valence-corrected chi connectivity index (χ0v) is 14.2. The van der Waals surface area contributed by atoms with Crippen molar-refractivity contribution < 1.29 is 4.57 Å². The lowest BCUT2D eigenvalue weighted by Gasteiger charge is -2.10. The number of fused-ring (bicyclic) bond motifs is 3. The third-order valence-electron chi connectivity index (χ3n) is 5.17. The summed E-state index contributed by atoms with van der Waals surface area (Å²) in [5.41, 5.74) is 11.1. The maximum absolute atomic E-state index is 7.37. The summed E-state index contributed by atoms with van der Waals surface area (Å²) in [5, 5.41) is 0. The number of hydrogen-bond acceptors (Lipinski definition) is 0. The van der Waals surface area contributed by atoms with E-state index < -0.39 is 0 Å². The number of pyridine rings is 1. The van der Waals surface area contributed by atoms with Crippen LogP contribution < -0.4 is 4.57 Å². The predicted molar refractivity (Wildman–Crippen MR) is 97.0 cm³/mol. The van der Waals surface area contributed by atoms with E-state index in [1.165, 1.54) is 39.1 Å². The molecule has 0 atom stereocenters. The molecule has 2 heteroatoms. The van der Waals surface area contributed by atoms with Crippen molar-refractivity contribution in [3.63, 3.8) is 0 Å².